The molecule has 0 amide bonds. The Hall–Kier alpha value is -1.52. The molecule has 0 spiro atoms. The standard InChI is InChI=1S/C13H20N5O13P3.4H3N/c1-13(2)28-8-6(3-26-33(22,23)31-34(24,25)30-32(19,20)21)27-12(9(8)29-13)18-5-17-7-10(14)15-4-16-11(7)18;;;;/h4-6,8-9,12H,3H2,1-2H3,(H,22,23)(H,24,25)(H2,14,15,16)(H2,19,20,21);4*1H3/t6-,8-,9-,12-;;;;/m1..../s1. The van der Waals surface area contributed by atoms with Crippen molar-refractivity contribution in [3.63, 3.8) is 0 Å². The van der Waals surface area contributed by atoms with Crippen molar-refractivity contribution in [1.29, 1.82) is 0 Å². The van der Waals surface area contributed by atoms with Crippen molar-refractivity contribution >= 4 is 40.4 Å². The minimum Gasteiger partial charge on any atom is -0.382 e. The molecule has 2 aromatic heterocycles. The molecule has 2 saturated heterocycles. The average Bonchev–Trinajstić information content (AvgIpc) is 3.28. The molecule has 4 rings (SSSR count). The first-order chi connectivity index (χ1) is 15.6. The van der Waals surface area contributed by atoms with Crippen molar-refractivity contribution in [2.24, 2.45) is 0 Å². The van der Waals surface area contributed by atoms with E-state index in [1.165, 1.54) is 17.2 Å². The summed E-state index contributed by atoms with van der Waals surface area (Å²) in [6.07, 6.45) is -0.970. The number of ether oxygens (including phenoxy) is 3. The SMILES string of the molecule is CC1(C)O[C@@H]2[C@H](O1)[C@@H](COP(=O)(O)OP(=O)(O)OP(=O)(O)O)O[C@H]2n1cnc2c(N)ncnc21.N.N.N.N. The number of anilines is 1. The van der Waals surface area contributed by atoms with Gasteiger partial charge < -0.3 is 64.1 Å². The van der Waals surface area contributed by atoms with Gasteiger partial charge in [-0.05, 0) is 13.8 Å². The first-order valence-electron chi connectivity index (χ1n) is 9.28. The van der Waals surface area contributed by atoms with Crippen molar-refractivity contribution in [2.75, 3.05) is 12.3 Å². The highest BCUT2D eigenvalue weighted by atomic mass is 31.3. The lowest BCUT2D eigenvalue weighted by molar-refractivity contribution is -0.199. The van der Waals surface area contributed by atoms with Crippen LogP contribution in [-0.2, 0) is 41.1 Å². The molecular weight excluding hydrogens is 583 g/mol. The van der Waals surface area contributed by atoms with Crippen LogP contribution in [-0.4, -0.2) is 69.8 Å². The molecule has 0 radical (unpaired) electrons. The van der Waals surface area contributed by atoms with Crippen molar-refractivity contribution in [3.8, 4) is 0 Å². The smallest absolute Gasteiger partial charge is 0.382 e. The summed E-state index contributed by atoms with van der Waals surface area (Å²) >= 11 is 0. The molecule has 0 saturated carbocycles. The molecule has 2 aliphatic heterocycles. The van der Waals surface area contributed by atoms with Crippen molar-refractivity contribution in [2.45, 2.75) is 44.2 Å². The van der Waals surface area contributed by atoms with Crippen molar-refractivity contribution in [3.05, 3.63) is 12.7 Å². The van der Waals surface area contributed by atoms with E-state index in [2.05, 4.69) is 23.6 Å². The Kier molecular flexibility index (Phi) is 11.8. The Morgan fingerprint density at radius 2 is 1.58 bits per heavy atom. The zero-order chi connectivity index (χ0) is 25.1. The predicted molar refractivity (Wildman–Crippen MR) is 127 cm³/mol. The van der Waals surface area contributed by atoms with Crippen molar-refractivity contribution in [1.82, 2.24) is 44.1 Å². The summed E-state index contributed by atoms with van der Waals surface area (Å²) in [5.74, 6) is -0.941. The van der Waals surface area contributed by atoms with Crippen LogP contribution >= 0.6 is 23.5 Å². The molecule has 2 unspecified atom stereocenters. The number of nitrogen functional groups attached to an aromatic ring is 1. The Morgan fingerprint density at radius 1 is 0.974 bits per heavy atom. The van der Waals surface area contributed by atoms with Crippen LogP contribution in [0.1, 0.15) is 20.1 Å². The summed E-state index contributed by atoms with van der Waals surface area (Å²) in [6.45, 7) is 2.55. The summed E-state index contributed by atoms with van der Waals surface area (Å²) < 4.78 is 65.6. The Bertz CT molecular complexity index is 1240. The first kappa shape index (κ1) is 36.5. The first-order valence-corrected chi connectivity index (χ1v) is 13.8. The predicted octanol–water partition coefficient (Wildman–Crippen LogP) is 0.817. The van der Waals surface area contributed by atoms with E-state index in [1.807, 2.05) is 0 Å². The zero-order valence-corrected chi connectivity index (χ0v) is 22.9. The van der Waals surface area contributed by atoms with Gasteiger partial charge in [-0.2, -0.15) is 8.62 Å². The number of hydrogen-bond acceptors (Lipinski definition) is 17. The molecule has 4 heterocycles. The highest BCUT2D eigenvalue weighted by molar-refractivity contribution is 7.66. The van der Waals surface area contributed by atoms with E-state index in [4.69, 9.17) is 34.3 Å². The summed E-state index contributed by atoms with van der Waals surface area (Å²) in [5.41, 5.74) is 6.43. The quantitative estimate of drug-likeness (QED) is 0.185. The minimum atomic E-state index is -5.66. The topological polar surface area (TPSA) is 397 Å². The van der Waals surface area contributed by atoms with Gasteiger partial charge in [0.25, 0.3) is 0 Å². The number of fused-ring (bicyclic) bond motifs is 2. The van der Waals surface area contributed by atoms with E-state index >= 15 is 0 Å². The van der Waals surface area contributed by atoms with Gasteiger partial charge in [0.05, 0.1) is 12.9 Å². The van der Waals surface area contributed by atoms with Gasteiger partial charge in [0.2, 0.25) is 0 Å². The lowest BCUT2D eigenvalue weighted by atomic mass is 10.1. The molecule has 18 N–H and O–H groups in total. The fraction of sp³-hybridized carbons (Fsp3) is 0.615. The minimum absolute atomic E-state index is 0. The third-order valence-corrected chi connectivity index (χ3v) is 8.41. The van der Waals surface area contributed by atoms with E-state index in [0.29, 0.717) is 11.2 Å². The normalized spacial score (nSPS) is 27.0. The van der Waals surface area contributed by atoms with Gasteiger partial charge in [0, 0.05) is 0 Å². The number of phosphoric acid groups is 3. The number of imidazole rings is 1. The molecular formula is C13H32N9O13P3. The van der Waals surface area contributed by atoms with Gasteiger partial charge in [-0.25, -0.2) is 28.6 Å². The molecule has 2 aromatic rings. The van der Waals surface area contributed by atoms with Crippen LogP contribution in [0.15, 0.2) is 12.7 Å². The van der Waals surface area contributed by atoms with Gasteiger partial charge in [-0.3, -0.25) is 9.09 Å². The Morgan fingerprint density at radius 3 is 2.18 bits per heavy atom. The van der Waals surface area contributed by atoms with Crippen LogP contribution in [0, 0.1) is 0 Å². The van der Waals surface area contributed by atoms with Crippen LogP contribution in [0.25, 0.3) is 11.2 Å². The summed E-state index contributed by atoms with van der Waals surface area (Å²) in [7, 11) is -16.5. The zero-order valence-electron chi connectivity index (χ0n) is 20.2. The van der Waals surface area contributed by atoms with Gasteiger partial charge in [0.15, 0.2) is 23.5 Å². The number of nitrogens with zero attached hydrogens (tertiary/aromatic N) is 4. The van der Waals surface area contributed by atoms with E-state index in [-0.39, 0.29) is 30.4 Å². The molecule has 2 fully saturated rings. The number of rotatable bonds is 8. The van der Waals surface area contributed by atoms with E-state index in [0.717, 1.165) is 0 Å². The van der Waals surface area contributed by atoms with Gasteiger partial charge in [-0.15, -0.1) is 0 Å². The molecule has 38 heavy (non-hydrogen) atoms. The van der Waals surface area contributed by atoms with Crippen LogP contribution in [0.4, 0.5) is 5.82 Å². The van der Waals surface area contributed by atoms with E-state index in [9.17, 15) is 23.5 Å². The highest BCUT2D eigenvalue weighted by Gasteiger charge is 2.56. The number of nitrogens with two attached hydrogens (primary N) is 1. The lowest BCUT2D eigenvalue weighted by Crippen LogP contribution is -2.32. The van der Waals surface area contributed by atoms with Crippen molar-refractivity contribution < 1.29 is 60.6 Å². The van der Waals surface area contributed by atoms with Gasteiger partial charge in [0.1, 0.15) is 30.2 Å². The van der Waals surface area contributed by atoms with Crippen LogP contribution in [0.3, 0.4) is 0 Å². The van der Waals surface area contributed by atoms with Crippen LogP contribution < -0.4 is 30.3 Å². The molecule has 25 heteroatoms. The summed E-state index contributed by atoms with van der Waals surface area (Å²) in [6, 6.07) is 0. The second kappa shape index (κ2) is 12.3. The van der Waals surface area contributed by atoms with E-state index in [1.54, 1.807) is 13.8 Å². The molecule has 0 bridgehead atoms. The largest absolute Gasteiger partial charge is 0.490 e. The van der Waals surface area contributed by atoms with E-state index < -0.39 is 60.4 Å². The molecule has 0 aliphatic carbocycles. The van der Waals surface area contributed by atoms with Gasteiger partial charge >= 0.3 is 23.5 Å². The highest BCUT2D eigenvalue weighted by Crippen LogP contribution is 2.66. The Balaban J connectivity index is 0.00000342. The maximum Gasteiger partial charge on any atom is 0.490 e. The maximum atomic E-state index is 12.1. The lowest BCUT2D eigenvalue weighted by Gasteiger charge is -2.25. The second-order valence-corrected chi connectivity index (χ2v) is 12.0. The Labute approximate surface area is 214 Å². The second-order valence-electron chi connectivity index (χ2n) is 7.60. The third kappa shape index (κ3) is 8.01. The number of aromatic nitrogens is 4. The summed E-state index contributed by atoms with van der Waals surface area (Å²) in [5, 5.41) is 0. The number of phosphoric ester groups is 1. The summed E-state index contributed by atoms with van der Waals surface area (Å²) in [4.78, 5) is 48.4. The average molecular weight is 615 g/mol. The third-order valence-electron chi connectivity index (χ3n) is 4.60. The van der Waals surface area contributed by atoms with Gasteiger partial charge in [-0.1, -0.05) is 0 Å². The molecule has 6 atom stereocenters. The fourth-order valence-corrected chi connectivity index (χ4v) is 6.57. The molecule has 22 nitrogen and oxygen atoms in total. The maximum absolute atomic E-state index is 12.1. The fourth-order valence-electron chi connectivity index (χ4n) is 3.54. The monoisotopic (exact) mass is 615 g/mol. The number of hydrogen-bond donors (Lipinski definition) is 9. The molecule has 222 valence electrons. The molecule has 0 aromatic carbocycles. The molecule has 2 aliphatic rings. The van der Waals surface area contributed by atoms with Crippen LogP contribution in [0.2, 0.25) is 0 Å². The van der Waals surface area contributed by atoms with Crippen LogP contribution in [0.5, 0.6) is 0 Å².